The van der Waals surface area contributed by atoms with E-state index >= 15 is 0 Å². The number of benzene rings is 3. The maximum atomic E-state index is 13.1. The number of amides is 3. The summed E-state index contributed by atoms with van der Waals surface area (Å²) in [5.41, 5.74) is 4.73. The minimum Gasteiger partial charge on any atom is -0.377 e. The number of anilines is 3. The number of urea groups is 1. The first-order valence-corrected chi connectivity index (χ1v) is 10.7. The van der Waals surface area contributed by atoms with E-state index in [9.17, 15) is 9.59 Å². The average molecular weight is 431 g/mol. The highest BCUT2D eigenvalue weighted by atomic mass is 16.2. The van der Waals surface area contributed by atoms with Gasteiger partial charge in [-0.2, -0.15) is 0 Å². The lowest BCUT2D eigenvalue weighted by molar-refractivity contribution is 0.0940. The van der Waals surface area contributed by atoms with E-state index in [0.717, 1.165) is 17.7 Å². The quantitative estimate of drug-likeness (QED) is 0.467. The third-order valence-electron chi connectivity index (χ3n) is 5.25. The first-order chi connectivity index (χ1) is 15.4. The van der Waals surface area contributed by atoms with E-state index in [-0.39, 0.29) is 18.0 Å². The molecule has 3 aromatic carbocycles. The van der Waals surface area contributed by atoms with Crippen LogP contribution in [-0.4, -0.2) is 26.0 Å². The molecular formula is C26H30N4O2. The molecule has 0 aliphatic heterocycles. The zero-order valence-corrected chi connectivity index (χ0v) is 19.0. The molecule has 166 valence electrons. The van der Waals surface area contributed by atoms with Crippen LogP contribution in [0.15, 0.2) is 72.8 Å². The Balaban J connectivity index is 1.74. The summed E-state index contributed by atoms with van der Waals surface area (Å²) in [6.07, 6.45) is 0.943. The van der Waals surface area contributed by atoms with E-state index in [1.54, 1.807) is 12.1 Å². The Morgan fingerprint density at radius 1 is 0.875 bits per heavy atom. The minimum atomic E-state index is -0.365. The highest BCUT2D eigenvalue weighted by Gasteiger charge is 2.17. The van der Waals surface area contributed by atoms with E-state index in [1.165, 1.54) is 5.56 Å². The molecule has 3 amide bonds. The molecule has 0 saturated heterocycles. The summed E-state index contributed by atoms with van der Waals surface area (Å²) in [4.78, 5) is 27.4. The molecule has 0 aliphatic rings. The van der Waals surface area contributed by atoms with Crippen molar-refractivity contribution in [3.8, 4) is 0 Å². The van der Waals surface area contributed by atoms with Gasteiger partial charge in [0.25, 0.3) is 5.91 Å². The summed E-state index contributed by atoms with van der Waals surface area (Å²) >= 11 is 0. The van der Waals surface area contributed by atoms with Crippen molar-refractivity contribution in [3.63, 3.8) is 0 Å². The molecule has 3 rings (SSSR count). The number of carbonyl (C=O) groups is 2. The molecule has 6 heteroatoms. The summed E-state index contributed by atoms with van der Waals surface area (Å²) < 4.78 is 0. The SMILES string of the molecule is CCc1ccc(NC(=O)Nc2ccc(N(C)C)c(C(=O)NC(C)c3ccccc3)c2)cc1. The smallest absolute Gasteiger partial charge is 0.323 e. The van der Waals surface area contributed by atoms with Gasteiger partial charge in [0.2, 0.25) is 0 Å². The fourth-order valence-corrected chi connectivity index (χ4v) is 3.40. The van der Waals surface area contributed by atoms with Crippen LogP contribution in [0.2, 0.25) is 0 Å². The van der Waals surface area contributed by atoms with Gasteiger partial charge < -0.3 is 20.9 Å². The van der Waals surface area contributed by atoms with Crippen molar-refractivity contribution in [1.82, 2.24) is 5.32 Å². The zero-order valence-electron chi connectivity index (χ0n) is 19.0. The molecule has 3 aromatic rings. The van der Waals surface area contributed by atoms with Gasteiger partial charge in [-0.15, -0.1) is 0 Å². The van der Waals surface area contributed by atoms with Crippen molar-refractivity contribution in [2.24, 2.45) is 0 Å². The number of nitrogens with one attached hydrogen (secondary N) is 3. The normalized spacial score (nSPS) is 11.4. The summed E-state index contributed by atoms with van der Waals surface area (Å²) in [5.74, 6) is -0.204. The van der Waals surface area contributed by atoms with Gasteiger partial charge in [0.05, 0.1) is 11.6 Å². The standard InChI is InChI=1S/C26H30N4O2/c1-5-19-11-13-21(14-12-19)28-26(32)29-22-15-16-24(30(3)4)23(17-22)25(31)27-18(2)20-9-7-6-8-10-20/h6-18H,5H2,1-4H3,(H,27,31)(H2,28,29,32). The highest BCUT2D eigenvalue weighted by molar-refractivity contribution is 6.04. The minimum absolute atomic E-state index is 0.148. The van der Waals surface area contributed by atoms with Gasteiger partial charge >= 0.3 is 6.03 Å². The van der Waals surface area contributed by atoms with Gasteiger partial charge in [-0.05, 0) is 54.8 Å². The molecule has 0 spiro atoms. The second-order valence-electron chi connectivity index (χ2n) is 7.86. The molecule has 0 saturated carbocycles. The largest absolute Gasteiger partial charge is 0.377 e. The Bertz CT molecular complexity index is 1060. The van der Waals surface area contributed by atoms with Crippen LogP contribution in [0.5, 0.6) is 0 Å². The van der Waals surface area contributed by atoms with Gasteiger partial charge in [-0.3, -0.25) is 4.79 Å². The van der Waals surface area contributed by atoms with Crippen LogP contribution in [0.4, 0.5) is 21.9 Å². The molecule has 1 atom stereocenters. The number of nitrogens with zero attached hydrogens (tertiary/aromatic N) is 1. The van der Waals surface area contributed by atoms with Crippen molar-refractivity contribution in [3.05, 3.63) is 89.5 Å². The maximum absolute atomic E-state index is 13.1. The van der Waals surface area contributed by atoms with Crippen LogP contribution in [-0.2, 0) is 6.42 Å². The van der Waals surface area contributed by atoms with Gasteiger partial charge in [0.1, 0.15) is 0 Å². The predicted octanol–water partition coefficient (Wildman–Crippen LogP) is 5.45. The molecule has 3 N–H and O–H groups in total. The van der Waals surface area contributed by atoms with Crippen LogP contribution < -0.4 is 20.9 Å². The Morgan fingerprint density at radius 3 is 2.12 bits per heavy atom. The van der Waals surface area contributed by atoms with Crippen LogP contribution in [0.1, 0.15) is 41.4 Å². The third-order valence-corrected chi connectivity index (χ3v) is 5.25. The molecule has 0 radical (unpaired) electrons. The van der Waals surface area contributed by atoms with Crippen molar-refractivity contribution in [2.45, 2.75) is 26.3 Å². The fraction of sp³-hybridized carbons (Fsp3) is 0.231. The Hall–Kier alpha value is -3.80. The topological polar surface area (TPSA) is 73.5 Å². The van der Waals surface area contributed by atoms with E-state index in [4.69, 9.17) is 0 Å². The molecule has 0 aromatic heterocycles. The first kappa shape index (κ1) is 22.9. The Morgan fingerprint density at radius 2 is 1.50 bits per heavy atom. The van der Waals surface area contributed by atoms with E-state index in [0.29, 0.717) is 16.9 Å². The Labute approximate surface area is 189 Å². The second kappa shape index (κ2) is 10.5. The van der Waals surface area contributed by atoms with Crippen LogP contribution in [0.25, 0.3) is 0 Å². The fourth-order valence-electron chi connectivity index (χ4n) is 3.40. The van der Waals surface area contributed by atoms with Crippen molar-refractivity contribution in [2.75, 3.05) is 29.6 Å². The van der Waals surface area contributed by atoms with E-state index in [1.807, 2.05) is 86.6 Å². The molecule has 0 fully saturated rings. The number of aryl methyl sites for hydroxylation is 1. The molecular weight excluding hydrogens is 400 g/mol. The number of carbonyl (C=O) groups excluding carboxylic acids is 2. The maximum Gasteiger partial charge on any atom is 0.323 e. The van der Waals surface area contributed by atoms with Crippen molar-refractivity contribution < 1.29 is 9.59 Å². The Kier molecular flexibility index (Phi) is 7.49. The van der Waals surface area contributed by atoms with Gasteiger partial charge in [0.15, 0.2) is 0 Å². The summed E-state index contributed by atoms with van der Waals surface area (Å²) in [6, 6.07) is 22.3. The van der Waals surface area contributed by atoms with Crippen LogP contribution in [0.3, 0.4) is 0 Å². The molecule has 1 unspecified atom stereocenters. The van der Waals surface area contributed by atoms with E-state index in [2.05, 4.69) is 22.9 Å². The van der Waals surface area contributed by atoms with E-state index < -0.39 is 0 Å². The average Bonchev–Trinajstić information content (AvgIpc) is 2.79. The summed E-state index contributed by atoms with van der Waals surface area (Å²) in [5, 5.41) is 8.68. The van der Waals surface area contributed by atoms with Gasteiger partial charge in [0, 0.05) is 31.2 Å². The second-order valence-corrected chi connectivity index (χ2v) is 7.86. The van der Waals surface area contributed by atoms with Crippen LogP contribution in [0, 0.1) is 0 Å². The third kappa shape index (κ3) is 5.88. The summed E-state index contributed by atoms with van der Waals surface area (Å²) in [7, 11) is 3.76. The lowest BCUT2D eigenvalue weighted by atomic mass is 10.1. The molecule has 0 heterocycles. The molecule has 6 nitrogen and oxygen atoms in total. The van der Waals surface area contributed by atoms with Crippen molar-refractivity contribution in [1.29, 1.82) is 0 Å². The van der Waals surface area contributed by atoms with Gasteiger partial charge in [-0.1, -0.05) is 49.4 Å². The number of rotatable bonds is 7. The number of hydrogen-bond acceptors (Lipinski definition) is 3. The van der Waals surface area contributed by atoms with Crippen molar-refractivity contribution >= 4 is 29.0 Å². The van der Waals surface area contributed by atoms with Crippen LogP contribution >= 0.6 is 0 Å². The predicted molar refractivity (Wildman–Crippen MR) is 132 cm³/mol. The number of hydrogen-bond donors (Lipinski definition) is 3. The molecule has 0 aliphatic carbocycles. The first-order valence-electron chi connectivity index (χ1n) is 10.7. The molecule has 0 bridgehead atoms. The van der Waals surface area contributed by atoms with Gasteiger partial charge in [-0.25, -0.2) is 4.79 Å². The monoisotopic (exact) mass is 430 g/mol. The highest BCUT2D eigenvalue weighted by Crippen LogP contribution is 2.24. The lowest BCUT2D eigenvalue weighted by Crippen LogP contribution is -2.28. The summed E-state index contributed by atoms with van der Waals surface area (Å²) in [6.45, 7) is 4.03. The zero-order chi connectivity index (χ0) is 23.1. The molecule has 32 heavy (non-hydrogen) atoms. The lowest BCUT2D eigenvalue weighted by Gasteiger charge is -2.20.